The molecule has 4 aliphatic rings. The highest BCUT2D eigenvalue weighted by Gasteiger charge is 2.66. The highest BCUT2D eigenvalue weighted by Crippen LogP contribution is 2.67. The van der Waals surface area contributed by atoms with Gasteiger partial charge in [-0.25, -0.2) is 23.5 Å². The van der Waals surface area contributed by atoms with Gasteiger partial charge in [-0.2, -0.15) is 0 Å². The molecule has 2 aromatic rings. The molecule has 0 spiro atoms. The summed E-state index contributed by atoms with van der Waals surface area (Å²) < 4.78 is 4.67. The van der Waals surface area contributed by atoms with E-state index >= 15 is 0 Å². The lowest BCUT2D eigenvalue weighted by Crippen LogP contribution is -2.67. The molecule has 1 aromatic heterocycles. The number of para-hydroxylation sites is 1. The van der Waals surface area contributed by atoms with Crippen LogP contribution in [0.1, 0.15) is 33.7 Å². The van der Waals surface area contributed by atoms with Crippen molar-refractivity contribution < 1.29 is 0 Å². The zero-order valence-electron chi connectivity index (χ0n) is 14.9. The number of rotatable bonds is 1. The van der Waals surface area contributed by atoms with E-state index in [1.54, 1.807) is 21.5 Å². The van der Waals surface area contributed by atoms with Crippen molar-refractivity contribution >= 4 is 0 Å². The third-order valence-corrected chi connectivity index (χ3v) is 7.18. The molecular formula is C20H21N3O2. The smallest absolute Gasteiger partial charge is 0.245 e. The van der Waals surface area contributed by atoms with Gasteiger partial charge in [0.15, 0.2) is 0 Å². The highest BCUT2D eigenvalue weighted by molar-refractivity contribution is 5.47. The summed E-state index contributed by atoms with van der Waals surface area (Å²) in [6.07, 6.45) is 4.23. The summed E-state index contributed by atoms with van der Waals surface area (Å²) in [5.74, 6) is 0.270. The highest BCUT2D eigenvalue weighted by atomic mass is 16.2. The molecule has 0 unspecified atom stereocenters. The van der Waals surface area contributed by atoms with Crippen LogP contribution in [-0.2, 0) is 5.54 Å². The van der Waals surface area contributed by atoms with Crippen molar-refractivity contribution in [1.82, 2.24) is 13.9 Å². The van der Waals surface area contributed by atoms with Crippen LogP contribution in [0.4, 0.5) is 0 Å². The maximum absolute atomic E-state index is 13.3. The standard InChI is InChI=1S/C20H21N3O2/c1-12-13(2)20(4)16(12)15-10-11-19(20,3)23-18(25)21(17(24)22(15)23)14-8-6-5-7-9-14/h5-11,15-16H,1-4H3/t15-,16+,19-,20-/m1/s1. The number of hydrogen-bond acceptors (Lipinski definition) is 2. The summed E-state index contributed by atoms with van der Waals surface area (Å²) in [6, 6.07) is 9.08. The minimum Gasteiger partial charge on any atom is -0.245 e. The molecule has 0 saturated heterocycles. The third kappa shape index (κ3) is 1.32. The van der Waals surface area contributed by atoms with Gasteiger partial charge in [-0.3, -0.25) is 0 Å². The maximum Gasteiger partial charge on any atom is 0.352 e. The van der Waals surface area contributed by atoms with E-state index < -0.39 is 5.54 Å². The van der Waals surface area contributed by atoms with E-state index in [0.29, 0.717) is 5.69 Å². The van der Waals surface area contributed by atoms with E-state index in [-0.39, 0.29) is 28.8 Å². The zero-order valence-corrected chi connectivity index (χ0v) is 14.9. The first kappa shape index (κ1) is 14.8. The van der Waals surface area contributed by atoms with E-state index in [0.717, 1.165) is 0 Å². The molecule has 2 aliphatic carbocycles. The Bertz CT molecular complexity index is 1100. The number of benzene rings is 1. The van der Waals surface area contributed by atoms with E-state index in [4.69, 9.17) is 0 Å². The summed E-state index contributed by atoms with van der Waals surface area (Å²) in [7, 11) is 0. The molecule has 5 nitrogen and oxygen atoms in total. The van der Waals surface area contributed by atoms with E-state index in [9.17, 15) is 9.59 Å². The van der Waals surface area contributed by atoms with Gasteiger partial charge in [-0.15, -0.1) is 0 Å². The van der Waals surface area contributed by atoms with Crippen LogP contribution in [0, 0.1) is 11.3 Å². The lowest BCUT2D eigenvalue weighted by Gasteiger charge is -2.65. The Morgan fingerprint density at radius 3 is 2.36 bits per heavy atom. The molecular weight excluding hydrogens is 314 g/mol. The van der Waals surface area contributed by atoms with Crippen molar-refractivity contribution in [3.05, 3.63) is 74.6 Å². The summed E-state index contributed by atoms with van der Waals surface area (Å²) in [5, 5.41) is 0. The molecule has 6 rings (SSSR count). The van der Waals surface area contributed by atoms with Crippen molar-refractivity contribution in [2.24, 2.45) is 11.3 Å². The fraction of sp³-hybridized carbons (Fsp3) is 0.400. The van der Waals surface area contributed by atoms with Crippen LogP contribution in [0.5, 0.6) is 0 Å². The first-order chi connectivity index (χ1) is 11.8. The Morgan fingerprint density at radius 2 is 1.68 bits per heavy atom. The van der Waals surface area contributed by atoms with Gasteiger partial charge in [0.1, 0.15) is 0 Å². The Hall–Kier alpha value is -2.56. The van der Waals surface area contributed by atoms with Crippen LogP contribution < -0.4 is 11.4 Å². The van der Waals surface area contributed by atoms with Gasteiger partial charge in [0.05, 0.1) is 17.3 Å². The maximum atomic E-state index is 13.3. The second kappa shape index (κ2) is 4.15. The zero-order chi connectivity index (χ0) is 17.7. The largest absolute Gasteiger partial charge is 0.352 e. The fourth-order valence-electron chi connectivity index (χ4n) is 5.54. The summed E-state index contributed by atoms with van der Waals surface area (Å²) >= 11 is 0. The van der Waals surface area contributed by atoms with Gasteiger partial charge in [0.25, 0.3) is 0 Å². The predicted molar refractivity (Wildman–Crippen MR) is 96.1 cm³/mol. The van der Waals surface area contributed by atoms with Gasteiger partial charge in [-0.1, -0.05) is 48.4 Å². The average molecular weight is 335 g/mol. The van der Waals surface area contributed by atoms with Crippen LogP contribution in [0.2, 0.25) is 0 Å². The van der Waals surface area contributed by atoms with E-state index in [1.807, 2.05) is 18.2 Å². The fourth-order valence-corrected chi connectivity index (χ4v) is 5.54. The summed E-state index contributed by atoms with van der Waals surface area (Å²) in [4.78, 5) is 26.5. The van der Waals surface area contributed by atoms with Crippen molar-refractivity contribution in [2.75, 3.05) is 0 Å². The second-order valence-corrected chi connectivity index (χ2v) is 7.88. The van der Waals surface area contributed by atoms with Crippen molar-refractivity contribution in [1.29, 1.82) is 0 Å². The molecule has 25 heavy (non-hydrogen) atoms. The van der Waals surface area contributed by atoms with Gasteiger partial charge in [0, 0.05) is 11.3 Å². The van der Waals surface area contributed by atoms with Crippen LogP contribution >= 0.6 is 0 Å². The molecule has 0 N–H and O–H groups in total. The molecule has 3 heterocycles. The van der Waals surface area contributed by atoms with Crippen molar-refractivity contribution in [2.45, 2.75) is 39.3 Å². The normalized spacial score (nSPS) is 34.7. The second-order valence-electron chi connectivity index (χ2n) is 7.88. The number of hydrogen-bond donors (Lipinski definition) is 0. The lowest BCUT2D eigenvalue weighted by molar-refractivity contribution is -0.0328. The number of aromatic nitrogens is 3. The molecule has 0 radical (unpaired) electrons. The van der Waals surface area contributed by atoms with Crippen LogP contribution in [0.15, 0.2) is 63.2 Å². The van der Waals surface area contributed by atoms with Gasteiger partial charge in [0.2, 0.25) is 0 Å². The molecule has 4 atom stereocenters. The SMILES string of the molecule is CC1=C(C)[C@]2(C)[C@@H]1[C@H]1C=C[C@@]2(C)n2c(=O)n(-c3ccccc3)c(=O)n21. The molecule has 128 valence electrons. The first-order valence-electron chi connectivity index (χ1n) is 8.73. The van der Waals surface area contributed by atoms with E-state index in [2.05, 4.69) is 39.8 Å². The van der Waals surface area contributed by atoms with Crippen molar-refractivity contribution in [3.8, 4) is 5.69 Å². The molecule has 0 saturated carbocycles. The Morgan fingerprint density at radius 1 is 1.00 bits per heavy atom. The lowest BCUT2D eigenvalue weighted by atomic mass is 9.45. The average Bonchev–Trinajstić information content (AvgIpc) is 2.89. The molecule has 2 bridgehead atoms. The molecule has 0 amide bonds. The Balaban J connectivity index is 1.87. The predicted octanol–water partition coefficient (Wildman–Crippen LogP) is 2.61. The monoisotopic (exact) mass is 335 g/mol. The summed E-state index contributed by atoms with van der Waals surface area (Å²) in [5.41, 5.74) is 2.13. The van der Waals surface area contributed by atoms with Gasteiger partial charge < -0.3 is 0 Å². The topological polar surface area (TPSA) is 48.9 Å². The van der Waals surface area contributed by atoms with Gasteiger partial charge in [-0.05, 0) is 32.9 Å². The van der Waals surface area contributed by atoms with Crippen LogP contribution in [0.25, 0.3) is 5.69 Å². The number of allylic oxidation sites excluding steroid dienone is 4. The molecule has 1 aromatic carbocycles. The first-order valence-corrected chi connectivity index (χ1v) is 8.73. The van der Waals surface area contributed by atoms with Crippen molar-refractivity contribution in [3.63, 3.8) is 0 Å². The minimum atomic E-state index is -0.535. The number of nitrogens with zero attached hydrogens (tertiary/aromatic N) is 3. The summed E-state index contributed by atoms with van der Waals surface area (Å²) in [6.45, 7) is 8.62. The minimum absolute atomic E-state index is 0.0966. The molecule has 0 fully saturated rings. The third-order valence-electron chi connectivity index (χ3n) is 7.18. The van der Waals surface area contributed by atoms with E-state index in [1.165, 1.54) is 15.7 Å². The quantitative estimate of drug-likeness (QED) is 0.752. The Labute approximate surface area is 145 Å². The van der Waals surface area contributed by atoms with Crippen LogP contribution in [-0.4, -0.2) is 13.9 Å². The molecule has 5 heteroatoms. The molecule has 2 aliphatic heterocycles. The van der Waals surface area contributed by atoms with Gasteiger partial charge >= 0.3 is 11.4 Å². The van der Waals surface area contributed by atoms with Crippen LogP contribution in [0.3, 0.4) is 0 Å². The Kier molecular flexibility index (Phi) is 2.45.